The highest BCUT2D eigenvalue weighted by Crippen LogP contribution is 1.96. The van der Waals surface area contributed by atoms with Gasteiger partial charge in [-0.2, -0.15) is 0 Å². The van der Waals surface area contributed by atoms with E-state index in [9.17, 15) is 4.79 Å². The normalized spacial score (nSPS) is 10.1. The summed E-state index contributed by atoms with van der Waals surface area (Å²) < 4.78 is 1.52. The van der Waals surface area contributed by atoms with Crippen LogP contribution in [0.15, 0.2) is 17.2 Å². The van der Waals surface area contributed by atoms with Gasteiger partial charge < -0.3 is 9.88 Å². The molecule has 78 valence electrons. The monoisotopic (exact) mass is 195 g/mol. The maximum Gasteiger partial charge on any atom is 0.293 e. The Morgan fingerprint density at radius 3 is 3.00 bits per heavy atom. The molecule has 0 spiro atoms. The van der Waals surface area contributed by atoms with Crippen LogP contribution >= 0.6 is 0 Å². The molecule has 1 heterocycles. The number of hydrogen-bond acceptors (Lipinski definition) is 3. The second-order valence-electron chi connectivity index (χ2n) is 3.33. The molecule has 1 aromatic rings. The molecule has 0 unspecified atom stereocenters. The van der Waals surface area contributed by atoms with Crippen molar-refractivity contribution in [2.75, 3.05) is 11.9 Å². The Morgan fingerprint density at radius 2 is 2.29 bits per heavy atom. The predicted octanol–water partition coefficient (Wildman–Crippen LogP) is 1.38. The maximum atomic E-state index is 11.5. The number of aromatic nitrogens is 2. The molecule has 0 bridgehead atoms. The molecule has 0 aliphatic heterocycles. The minimum absolute atomic E-state index is 0.0657. The Labute approximate surface area is 84.0 Å². The Morgan fingerprint density at radius 1 is 1.50 bits per heavy atom. The van der Waals surface area contributed by atoms with Crippen LogP contribution in [0.5, 0.6) is 0 Å². The first-order chi connectivity index (χ1) is 6.75. The van der Waals surface area contributed by atoms with Crippen LogP contribution in [0.1, 0.15) is 26.2 Å². The molecule has 0 aliphatic carbocycles. The Kier molecular flexibility index (Phi) is 4.16. The number of nitrogens with zero attached hydrogens (tertiary/aromatic N) is 2. The first-order valence-corrected chi connectivity index (χ1v) is 5.01. The van der Waals surface area contributed by atoms with E-state index in [1.54, 1.807) is 19.4 Å². The number of aryl methyl sites for hydroxylation is 1. The second kappa shape index (κ2) is 5.42. The van der Waals surface area contributed by atoms with Crippen molar-refractivity contribution in [2.45, 2.75) is 26.2 Å². The van der Waals surface area contributed by atoms with Crippen molar-refractivity contribution >= 4 is 5.82 Å². The highest BCUT2D eigenvalue weighted by molar-refractivity contribution is 5.30. The molecule has 1 aromatic heterocycles. The van der Waals surface area contributed by atoms with E-state index in [0.717, 1.165) is 13.0 Å². The van der Waals surface area contributed by atoms with Crippen molar-refractivity contribution in [1.29, 1.82) is 0 Å². The molecule has 0 saturated heterocycles. The largest absolute Gasteiger partial charge is 0.365 e. The fourth-order valence-corrected chi connectivity index (χ4v) is 1.20. The first-order valence-electron chi connectivity index (χ1n) is 5.01. The van der Waals surface area contributed by atoms with Crippen molar-refractivity contribution in [3.05, 3.63) is 22.7 Å². The molecule has 4 heteroatoms. The van der Waals surface area contributed by atoms with Crippen LogP contribution < -0.4 is 10.9 Å². The zero-order valence-electron chi connectivity index (χ0n) is 8.79. The van der Waals surface area contributed by atoms with Crippen molar-refractivity contribution in [1.82, 2.24) is 9.55 Å². The van der Waals surface area contributed by atoms with E-state index in [2.05, 4.69) is 17.2 Å². The molecule has 0 radical (unpaired) electrons. The van der Waals surface area contributed by atoms with Crippen LogP contribution in [0.2, 0.25) is 0 Å². The summed E-state index contributed by atoms with van der Waals surface area (Å²) in [5.41, 5.74) is -0.0657. The van der Waals surface area contributed by atoms with E-state index in [1.165, 1.54) is 17.4 Å². The van der Waals surface area contributed by atoms with Gasteiger partial charge in [0.1, 0.15) is 0 Å². The number of unbranched alkanes of at least 4 members (excludes halogenated alkanes) is 2. The van der Waals surface area contributed by atoms with Crippen molar-refractivity contribution < 1.29 is 0 Å². The van der Waals surface area contributed by atoms with Gasteiger partial charge in [0.05, 0.1) is 0 Å². The van der Waals surface area contributed by atoms with E-state index in [1.807, 2.05) is 0 Å². The molecule has 0 atom stereocenters. The third-order valence-electron chi connectivity index (χ3n) is 2.09. The molecule has 0 saturated carbocycles. The highest BCUT2D eigenvalue weighted by Gasteiger charge is 1.99. The van der Waals surface area contributed by atoms with Gasteiger partial charge in [0.2, 0.25) is 0 Å². The fraction of sp³-hybridized carbons (Fsp3) is 0.600. The molecule has 4 nitrogen and oxygen atoms in total. The van der Waals surface area contributed by atoms with E-state index in [-0.39, 0.29) is 5.56 Å². The third-order valence-corrected chi connectivity index (χ3v) is 2.09. The molecule has 1 N–H and O–H groups in total. The van der Waals surface area contributed by atoms with Crippen LogP contribution in [-0.4, -0.2) is 16.1 Å². The summed E-state index contributed by atoms with van der Waals surface area (Å²) in [7, 11) is 1.72. The van der Waals surface area contributed by atoms with E-state index < -0.39 is 0 Å². The van der Waals surface area contributed by atoms with Gasteiger partial charge in [0.25, 0.3) is 5.56 Å². The Balaban J connectivity index is 2.51. The standard InChI is InChI=1S/C10H17N3O/c1-3-4-5-6-11-9-10(14)13(2)8-7-12-9/h7-8H,3-6H2,1-2H3,(H,11,12). The summed E-state index contributed by atoms with van der Waals surface area (Å²) in [6.45, 7) is 2.97. The van der Waals surface area contributed by atoms with E-state index in [0.29, 0.717) is 5.82 Å². The second-order valence-corrected chi connectivity index (χ2v) is 3.33. The van der Waals surface area contributed by atoms with Gasteiger partial charge in [-0.25, -0.2) is 4.98 Å². The van der Waals surface area contributed by atoms with Gasteiger partial charge in [-0.05, 0) is 6.42 Å². The van der Waals surface area contributed by atoms with Crippen molar-refractivity contribution in [2.24, 2.45) is 7.05 Å². The predicted molar refractivity (Wildman–Crippen MR) is 57.5 cm³/mol. The summed E-state index contributed by atoms with van der Waals surface area (Å²) in [6, 6.07) is 0. The zero-order valence-corrected chi connectivity index (χ0v) is 8.79. The van der Waals surface area contributed by atoms with Crippen LogP contribution in [0, 0.1) is 0 Å². The number of hydrogen-bond donors (Lipinski definition) is 1. The van der Waals surface area contributed by atoms with Gasteiger partial charge in [-0.3, -0.25) is 4.79 Å². The molecule has 14 heavy (non-hydrogen) atoms. The van der Waals surface area contributed by atoms with Crippen molar-refractivity contribution in [3.63, 3.8) is 0 Å². The molecule has 0 amide bonds. The highest BCUT2D eigenvalue weighted by atomic mass is 16.1. The Bertz CT molecular complexity index is 332. The lowest BCUT2D eigenvalue weighted by Crippen LogP contribution is -2.22. The minimum atomic E-state index is -0.0657. The smallest absolute Gasteiger partial charge is 0.293 e. The number of nitrogens with one attached hydrogen (secondary N) is 1. The topological polar surface area (TPSA) is 46.9 Å². The van der Waals surface area contributed by atoms with Crippen LogP contribution in [0.25, 0.3) is 0 Å². The fourth-order valence-electron chi connectivity index (χ4n) is 1.20. The zero-order chi connectivity index (χ0) is 10.4. The number of rotatable bonds is 5. The lowest BCUT2D eigenvalue weighted by molar-refractivity contribution is 0.738. The minimum Gasteiger partial charge on any atom is -0.365 e. The lowest BCUT2D eigenvalue weighted by atomic mass is 10.2. The SMILES string of the molecule is CCCCCNc1nccn(C)c1=O. The van der Waals surface area contributed by atoms with Crippen LogP contribution in [-0.2, 0) is 7.05 Å². The average molecular weight is 195 g/mol. The summed E-state index contributed by atoms with van der Waals surface area (Å²) in [6.07, 6.45) is 6.72. The van der Waals surface area contributed by atoms with Gasteiger partial charge in [-0.1, -0.05) is 19.8 Å². The summed E-state index contributed by atoms with van der Waals surface area (Å²) >= 11 is 0. The van der Waals surface area contributed by atoms with Gasteiger partial charge in [-0.15, -0.1) is 0 Å². The molecule has 1 rings (SSSR count). The van der Waals surface area contributed by atoms with E-state index in [4.69, 9.17) is 0 Å². The first kappa shape index (κ1) is 10.8. The molecule has 0 aromatic carbocycles. The lowest BCUT2D eigenvalue weighted by Gasteiger charge is -2.04. The van der Waals surface area contributed by atoms with E-state index >= 15 is 0 Å². The average Bonchev–Trinajstić information content (AvgIpc) is 2.19. The Hall–Kier alpha value is -1.32. The van der Waals surface area contributed by atoms with Crippen LogP contribution in [0.3, 0.4) is 0 Å². The molecule has 0 aliphatic rings. The molecular formula is C10H17N3O. The third kappa shape index (κ3) is 2.87. The van der Waals surface area contributed by atoms with Gasteiger partial charge in [0.15, 0.2) is 5.82 Å². The maximum absolute atomic E-state index is 11.5. The van der Waals surface area contributed by atoms with Crippen LogP contribution in [0.4, 0.5) is 5.82 Å². The summed E-state index contributed by atoms with van der Waals surface area (Å²) in [4.78, 5) is 15.5. The number of anilines is 1. The van der Waals surface area contributed by atoms with Gasteiger partial charge in [0, 0.05) is 26.0 Å². The summed E-state index contributed by atoms with van der Waals surface area (Å²) in [5, 5.41) is 3.04. The quantitative estimate of drug-likeness (QED) is 0.722. The summed E-state index contributed by atoms with van der Waals surface area (Å²) in [5.74, 6) is 0.450. The van der Waals surface area contributed by atoms with Crippen molar-refractivity contribution in [3.8, 4) is 0 Å². The molecule has 0 fully saturated rings. The van der Waals surface area contributed by atoms with Gasteiger partial charge >= 0.3 is 0 Å². The molecular weight excluding hydrogens is 178 g/mol.